The van der Waals surface area contributed by atoms with Crippen LogP contribution >= 0.6 is 0 Å². The summed E-state index contributed by atoms with van der Waals surface area (Å²) in [5.41, 5.74) is 6.47. The molecule has 35 heavy (non-hydrogen) atoms. The average Bonchev–Trinajstić information content (AvgIpc) is 2.92. The number of ether oxygens (including phenoxy) is 1. The number of para-hydroxylation sites is 1. The summed E-state index contributed by atoms with van der Waals surface area (Å²) in [6.45, 7) is 0. The SMILES string of the molecule is C(#Cc1c(-c2ccccc2)nc2ccccc2c1C#Cc1ccccc1)c1ccccc1.COC. The van der Waals surface area contributed by atoms with Gasteiger partial charge < -0.3 is 4.74 Å². The Balaban J connectivity index is 0.000000917. The Labute approximate surface area is 207 Å². The van der Waals surface area contributed by atoms with Crippen LogP contribution in [0.3, 0.4) is 0 Å². The first-order valence-electron chi connectivity index (χ1n) is 11.3. The number of rotatable bonds is 1. The highest BCUT2D eigenvalue weighted by atomic mass is 16.4. The molecule has 0 radical (unpaired) electrons. The van der Waals surface area contributed by atoms with Gasteiger partial charge in [-0.15, -0.1) is 0 Å². The predicted molar refractivity (Wildman–Crippen MR) is 145 cm³/mol. The van der Waals surface area contributed by atoms with E-state index in [1.54, 1.807) is 14.2 Å². The highest BCUT2D eigenvalue weighted by molar-refractivity contribution is 5.92. The van der Waals surface area contributed by atoms with Crippen LogP contribution in [0.15, 0.2) is 115 Å². The van der Waals surface area contributed by atoms with E-state index >= 15 is 0 Å². The number of hydrogen-bond donors (Lipinski definition) is 0. The van der Waals surface area contributed by atoms with Crippen LogP contribution in [-0.4, -0.2) is 19.2 Å². The monoisotopic (exact) mass is 451 g/mol. The fourth-order valence-electron chi connectivity index (χ4n) is 3.58. The molecule has 0 amide bonds. The van der Waals surface area contributed by atoms with Crippen molar-refractivity contribution in [3.63, 3.8) is 0 Å². The molecule has 0 aliphatic rings. The fourth-order valence-corrected chi connectivity index (χ4v) is 3.58. The first kappa shape index (κ1) is 23.5. The highest BCUT2D eigenvalue weighted by Gasteiger charge is 2.14. The van der Waals surface area contributed by atoms with E-state index in [1.807, 2.05) is 97.1 Å². The first-order valence-corrected chi connectivity index (χ1v) is 11.3. The Morgan fingerprint density at radius 1 is 0.514 bits per heavy atom. The molecule has 0 N–H and O–H groups in total. The number of pyridine rings is 1. The smallest absolute Gasteiger partial charge is 0.0878 e. The van der Waals surface area contributed by atoms with Gasteiger partial charge in [-0.05, 0) is 30.3 Å². The van der Waals surface area contributed by atoms with Crippen LogP contribution in [-0.2, 0) is 4.74 Å². The second kappa shape index (κ2) is 12.0. The number of fused-ring (bicyclic) bond motifs is 1. The summed E-state index contributed by atoms with van der Waals surface area (Å²) in [7, 11) is 3.25. The van der Waals surface area contributed by atoms with E-state index < -0.39 is 0 Å². The van der Waals surface area contributed by atoms with Crippen molar-refractivity contribution in [2.75, 3.05) is 14.2 Å². The molecular weight excluding hydrogens is 426 g/mol. The van der Waals surface area contributed by atoms with Crippen LogP contribution in [0.5, 0.6) is 0 Å². The molecular formula is C33H25NO. The van der Waals surface area contributed by atoms with Crippen LogP contribution in [0.2, 0.25) is 0 Å². The Kier molecular flexibility index (Phi) is 8.07. The second-order valence-electron chi connectivity index (χ2n) is 7.73. The van der Waals surface area contributed by atoms with Crippen LogP contribution in [0, 0.1) is 23.7 Å². The van der Waals surface area contributed by atoms with Crippen LogP contribution in [0.1, 0.15) is 22.3 Å². The van der Waals surface area contributed by atoms with Crippen molar-refractivity contribution >= 4 is 10.9 Å². The summed E-state index contributed by atoms with van der Waals surface area (Å²) >= 11 is 0. The van der Waals surface area contributed by atoms with Crippen molar-refractivity contribution in [2.24, 2.45) is 0 Å². The van der Waals surface area contributed by atoms with Gasteiger partial charge in [-0.1, -0.05) is 109 Å². The zero-order chi connectivity index (χ0) is 24.3. The molecule has 168 valence electrons. The van der Waals surface area contributed by atoms with Gasteiger partial charge in [-0.2, -0.15) is 0 Å². The number of aromatic nitrogens is 1. The van der Waals surface area contributed by atoms with Gasteiger partial charge in [0.1, 0.15) is 0 Å². The third-order valence-corrected chi connectivity index (χ3v) is 5.15. The van der Waals surface area contributed by atoms with Gasteiger partial charge in [0.25, 0.3) is 0 Å². The first-order chi connectivity index (χ1) is 17.3. The lowest BCUT2D eigenvalue weighted by molar-refractivity contribution is 0.277. The van der Waals surface area contributed by atoms with Crippen LogP contribution < -0.4 is 0 Å². The van der Waals surface area contributed by atoms with Gasteiger partial charge in [-0.3, -0.25) is 0 Å². The van der Waals surface area contributed by atoms with E-state index in [4.69, 9.17) is 4.98 Å². The second-order valence-corrected chi connectivity index (χ2v) is 7.73. The molecule has 0 atom stereocenters. The van der Waals surface area contributed by atoms with E-state index in [0.29, 0.717) is 0 Å². The quantitative estimate of drug-likeness (QED) is 0.257. The predicted octanol–water partition coefficient (Wildman–Crippen LogP) is 6.96. The molecule has 2 heteroatoms. The van der Waals surface area contributed by atoms with Crippen molar-refractivity contribution in [1.29, 1.82) is 0 Å². The van der Waals surface area contributed by atoms with Crippen molar-refractivity contribution in [2.45, 2.75) is 0 Å². The number of methoxy groups -OCH3 is 1. The lowest BCUT2D eigenvalue weighted by Crippen LogP contribution is -1.97. The van der Waals surface area contributed by atoms with E-state index in [1.165, 1.54) is 0 Å². The van der Waals surface area contributed by atoms with Gasteiger partial charge in [0.15, 0.2) is 0 Å². The zero-order valence-corrected chi connectivity index (χ0v) is 19.8. The molecule has 2 nitrogen and oxygen atoms in total. The molecule has 0 aliphatic carbocycles. The third-order valence-electron chi connectivity index (χ3n) is 5.15. The number of hydrogen-bond acceptors (Lipinski definition) is 2. The standard InChI is InChI=1S/C31H19N.C2H6O/c1-4-12-24(13-5-1)20-22-27-28-18-10-11-19-30(28)32-31(26-16-8-3-9-17-26)29(27)23-21-25-14-6-2-7-15-25;1-3-2/h1-19H;1-2H3. The largest absolute Gasteiger partial charge is 0.388 e. The summed E-state index contributed by atoms with van der Waals surface area (Å²) in [5.74, 6) is 13.5. The van der Waals surface area contributed by atoms with Crippen molar-refractivity contribution < 1.29 is 4.74 Å². The molecule has 1 heterocycles. The molecule has 0 saturated carbocycles. The van der Waals surface area contributed by atoms with Crippen molar-refractivity contribution in [1.82, 2.24) is 4.98 Å². The molecule has 0 unspecified atom stereocenters. The summed E-state index contributed by atoms with van der Waals surface area (Å²) in [6.07, 6.45) is 0. The minimum absolute atomic E-state index is 0.849. The fraction of sp³-hybridized carbons (Fsp3) is 0.0606. The molecule has 0 aliphatic heterocycles. The molecule has 0 saturated heterocycles. The van der Waals surface area contributed by atoms with Crippen LogP contribution in [0.25, 0.3) is 22.2 Å². The molecule has 5 aromatic rings. The molecule has 0 spiro atoms. The Morgan fingerprint density at radius 2 is 0.971 bits per heavy atom. The topological polar surface area (TPSA) is 22.1 Å². The Bertz CT molecular complexity index is 1520. The molecule has 4 aromatic carbocycles. The van der Waals surface area contributed by atoms with Crippen molar-refractivity contribution in [3.8, 4) is 34.9 Å². The van der Waals surface area contributed by atoms with Gasteiger partial charge in [0.2, 0.25) is 0 Å². The summed E-state index contributed by atoms with van der Waals surface area (Å²) < 4.78 is 4.25. The van der Waals surface area contributed by atoms with Gasteiger partial charge in [0.05, 0.1) is 22.3 Å². The highest BCUT2D eigenvalue weighted by Crippen LogP contribution is 2.29. The maximum atomic E-state index is 5.00. The summed E-state index contributed by atoms with van der Waals surface area (Å²) in [6, 6.07) is 38.4. The zero-order valence-electron chi connectivity index (χ0n) is 19.8. The maximum absolute atomic E-state index is 5.00. The van der Waals surface area contributed by atoms with E-state index in [9.17, 15) is 0 Å². The summed E-state index contributed by atoms with van der Waals surface area (Å²) in [4.78, 5) is 5.00. The van der Waals surface area contributed by atoms with Gasteiger partial charge in [-0.25, -0.2) is 4.98 Å². The average molecular weight is 452 g/mol. The van der Waals surface area contributed by atoms with E-state index in [-0.39, 0.29) is 0 Å². The maximum Gasteiger partial charge on any atom is 0.0878 e. The third kappa shape index (κ3) is 6.04. The lowest BCUT2D eigenvalue weighted by Gasteiger charge is -2.10. The lowest BCUT2D eigenvalue weighted by atomic mass is 9.96. The Hall–Kier alpha value is -4.63. The Morgan fingerprint density at radius 3 is 1.54 bits per heavy atom. The molecule has 1 aromatic heterocycles. The minimum Gasteiger partial charge on any atom is -0.388 e. The summed E-state index contributed by atoms with van der Waals surface area (Å²) in [5, 5.41) is 1.01. The van der Waals surface area contributed by atoms with Crippen LogP contribution in [0.4, 0.5) is 0 Å². The molecule has 0 fully saturated rings. The van der Waals surface area contributed by atoms with Gasteiger partial charge in [0, 0.05) is 36.3 Å². The molecule has 0 bridgehead atoms. The van der Waals surface area contributed by atoms with Gasteiger partial charge >= 0.3 is 0 Å². The van der Waals surface area contributed by atoms with E-state index in [2.05, 4.69) is 46.6 Å². The number of nitrogens with zero attached hydrogens (tertiary/aromatic N) is 1. The normalized spacial score (nSPS) is 9.66. The number of benzene rings is 4. The minimum atomic E-state index is 0.849. The van der Waals surface area contributed by atoms with E-state index in [0.717, 1.165) is 44.4 Å². The molecule has 5 rings (SSSR count). The van der Waals surface area contributed by atoms with Crippen molar-refractivity contribution in [3.05, 3.63) is 138 Å².